The van der Waals surface area contributed by atoms with Gasteiger partial charge in [-0.25, -0.2) is 0 Å². The second-order valence-electron chi connectivity index (χ2n) is 9.70. The van der Waals surface area contributed by atoms with Crippen LogP contribution in [-0.2, 0) is 14.3 Å². The van der Waals surface area contributed by atoms with Crippen LogP contribution in [0.4, 0.5) is 0 Å². The third-order valence-corrected chi connectivity index (χ3v) is 5.24. The van der Waals surface area contributed by atoms with Crippen LogP contribution in [0, 0.1) is 0 Å². The first-order valence-corrected chi connectivity index (χ1v) is 12.0. The molecule has 0 bridgehead atoms. The maximum absolute atomic E-state index is 12.0. The Bertz CT molecular complexity index is 447. The highest BCUT2D eigenvalue weighted by Gasteiger charge is 2.23. The standard InChI is InChI=1S/C24H47NO5/c1-5-6-7-8-9-10-11-12-13-14-15-16-17-21(26)18-24(29)30-22(19-23(27)28)20-25(2,3)4/h21-22,26H,5-20H2,1-4H3. The molecule has 0 aliphatic carbocycles. The first kappa shape index (κ1) is 28.9. The molecule has 0 saturated heterocycles. The maximum atomic E-state index is 12.0. The number of ether oxygens (including phenoxy) is 1. The van der Waals surface area contributed by atoms with E-state index in [1.54, 1.807) is 0 Å². The number of quaternary nitrogens is 1. The zero-order valence-electron chi connectivity index (χ0n) is 20.0. The molecule has 2 unspecified atom stereocenters. The molecular formula is C24H47NO5. The fourth-order valence-corrected chi connectivity index (χ4v) is 3.69. The van der Waals surface area contributed by atoms with E-state index in [1.807, 2.05) is 21.1 Å². The van der Waals surface area contributed by atoms with Gasteiger partial charge in [-0.15, -0.1) is 0 Å². The molecule has 0 fully saturated rings. The van der Waals surface area contributed by atoms with E-state index in [2.05, 4.69) is 6.92 Å². The Labute approximate surface area is 184 Å². The Morgan fingerprint density at radius 3 is 1.73 bits per heavy atom. The Morgan fingerprint density at radius 1 is 0.833 bits per heavy atom. The molecule has 0 heterocycles. The lowest BCUT2D eigenvalue weighted by Crippen LogP contribution is -2.45. The Balaban J connectivity index is 3.78. The minimum atomic E-state index is -1.24. The molecular weight excluding hydrogens is 382 g/mol. The van der Waals surface area contributed by atoms with Gasteiger partial charge in [-0.05, 0) is 6.42 Å². The molecule has 0 rings (SSSR count). The number of aliphatic carboxylic acids is 1. The number of unbranched alkanes of at least 4 members (excludes halogenated alkanes) is 11. The predicted molar refractivity (Wildman–Crippen MR) is 119 cm³/mol. The second-order valence-corrected chi connectivity index (χ2v) is 9.70. The van der Waals surface area contributed by atoms with Crippen LogP contribution in [0.1, 0.15) is 103 Å². The van der Waals surface area contributed by atoms with Crippen LogP contribution in [0.15, 0.2) is 0 Å². The third kappa shape index (κ3) is 20.1. The first-order valence-electron chi connectivity index (χ1n) is 12.0. The zero-order valence-corrected chi connectivity index (χ0v) is 20.0. The maximum Gasteiger partial charge on any atom is 0.308 e. The van der Waals surface area contributed by atoms with E-state index in [9.17, 15) is 19.8 Å². The quantitative estimate of drug-likeness (QED) is 0.182. The number of carbonyl (C=O) groups excluding carboxylic acids is 2. The minimum absolute atomic E-state index is 0.0846. The Hall–Kier alpha value is -1.14. The van der Waals surface area contributed by atoms with Crippen LogP contribution in [-0.4, -0.2) is 61.4 Å². The highest BCUT2D eigenvalue weighted by molar-refractivity contribution is 5.71. The van der Waals surface area contributed by atoms with Gasteiger partial charge in [0.25, 0.3) is 0 Å². The summed E-state index contributed by atoms with van der Waals surface area (Å²) < 4.78 is 5.76. The molecule has 0 radical (unpaired) electrons. The summed E-state index contributed by atoms with van der Waals surface area (Å²) in [6.07, 6.45) is 13.8. The van der Waals surface area contributed by atoms with Crippen molar-refractivity contribution in [3.05, 3.63) is 0 Å². The molecule has 30 heavy (non-hydrogen) atoms. The number of hydrogen-bond acceptors (Lipinski definition) is 5. The van der Waals surface area contributed by atoms with E-state index < -0.39 is 24.1 Å². The van der Waals surface area contributed by atoms with Gasteiger partial charge in [-0.1, -0.05) is 84.0 Å². The largest absolute Gasteiger partial charge is 0.550 e. The molecule has 0 aromatic rings. The highest BCUT2D eigenvalue weighted by atomic mass is 16.5. The van der Waals surface area contributed by atoms with E-state index in [-0.39, 0.29) is 12.8 Å². The van der Waals surface area contributed by atoms with Crippen molar-refractivity contribution in [3.8, 4) is 0 Å². The van der Waals surface area contributed by atoms with Crippen LogP contribution in [0.3, 0.4) is 0 Å². The molecule has 0 aromatic heterocycles. The molecule has 0 amide bonds. The molecule has 1 N–H and O–H groups in total. The summed E-state index contributed by atoms with van der Waals surface area (Å²) >= 11 is 0. The number of aliphatic hydroxyl groups is 1. The summed E-state index contributed by atoms with van der Waals surface area (Å²) in [6, 6.07) is 0. The van der Waals surface area contributed by atoms with Crippen molar-refractivity contribution in [2.75, 3.05) is 27.7 Å². The number of aliphatic hydroxyl groups excluding tert-OH is 1. The molecule has 6 heteroatoms. The molecule has 0 aromatic carbocycles. The van der Waals surface area contributed by atoms with Crippen molar-refractivity contribution in [1.82, 2.24) is 0 Å². The SMILES string of the molecule is CCCCCCCCCCCCCCC(O)CC(=O)OC(CC(=O)[O-])C[N+](C)(C)C. The minimum Gasteiger partial charge on any atom is -0.550 e. The van der Waals surface area contributed by atoms with Crippen molar-refractivity contribution in [2.24, 2.45) is 0 Å². The van der Waals surface area contributed by atoms with Gasteiger partial charge in [0.2, 0.25) is 0 Å². The normalized spacial score (nSPS) is 13.8. The van der Waals surface area contributed by atoms with Gasteiger partial charge >= 0.3 is 5.97 Å². The van der Waals surface area contributed by atoms with Gasteiger partial charge in [0.1, 0.15) is 6.54 Å². The number of carbonyl (C=O) groups is 2. The molecule has 178 valence electrons. The first-order chi connectivity index (χ1) is 14.1. The van der Waals surface area contributed by atoms with Crippen LogP contribution in [0.2, 0.25) is 0 Å². The summed E-state index contributed by atoms with van der Waals surface area (Å²) in [7, 11) is 5.70. The van der Waals surface area contributed by atoms with Crippen molar-refractivity contribution in [2.45, 2.75) is 115 Å². The number of esters is 1. The topological polar surface area (TPSA) is 86.7 Å². The van der Waals surface area contributed by atoms with E-state index in [4.69, 9.17) is 4.74 Å². The molecule has 6 nitrogen and oxygen atoms in total. The van der Waals surface area contributed by atoms with Crippen LogP contribution >= 0.6 is 0 Å². The molecule has 0 aliphatic heterocycles. The van der Waals surface area contributed by atoms with E-state index >= 15 is 0 Å². The number of carboxylic acid groups (broad SMARTS) is 1. The van der Waals surface area contributed by atoms with Gasteiger partial charge in [0.05, 0.1) is 33.7 Å². The average molecular weight is 430 g/mol. The fourth-order valence-electron chi connectivity index (χ4n) is 3.69. The summed E-state index contributed by atoms with van der Waals surface area (Å²) in [6.45, 7) is 2.63. The van der Waals surface area contributed by atoms with Crippen LogP contribution < -0.4 is 5.11 Å². The van der Waals surface area contributed by atoms with Gasteiger partial charge in [0, 0.05) is 12.4 Å². The summed E-state index contributed by atoms with van der Waals surface area (Å²) in [5, 5.41) is 21.0. The van der Waals surface area contributed by atoms with Gasteiger partial charge in [-0.2, -0.15) is 0 Å². The summed E-state index contributed by atoms with van der Waals surface area (Å²) in [4.78, 5) is 22.9. The summed E-state index contributed by atoms with van der Waals surface area (Å²) in [5.41, 5.74) is 0. The van der Waals surface area contributed by atoms with E-state index in [0.717, 1.165) is 12.8 Å². The van der Waals surface area contributed by atoms with E-state index in [0.29, 0.717) is 17.4 Å². The third-order valence-electron chi connectivity index (χ3n) is 5.24. The zero-order chi connectivity index (χ0) is 22.8. The van der Waals surface area contributed by atoms with Crippen molar-refractivity contribution in [3.63, 3.8) is 0 Å². The lowest BCUT2D eigenvalue weighted by molar-refractivity contribution is -0.873. The van der Waals surface area contributed by atoms with Gasteiger partial charge < -0.3 is 24.2 Å². The fraction of sp³-hybridized carbons (Fsp3) is 0.917. The predicted octanol–water partition coefficient (Wildman–Crippen LogP) is 3.59. The summed E-state index contributed by atoms with van der Waals surface area (Å²) in [5.74, 6) is -1.78. The Kier molecular flexibility index (Phi) is 16.9. The van der Waals surface area contributed by atoms with Crippen LogP contribution in [0.25, 0.3) is 0 Å². The smallest absolute Gasteiger partial charge is 0.308 e. The average Bonchev–Trinajstić information content (AvgIpc) is 2.60. The highest BCUT2D eigenvalue weighted by Crippen LogP contribution is 2.14. The monoisotopic (exact) mass is 429 g/mol. The molecule has 2 atom stereocenters. The second kappa shape index (κ2) is 17.5. The van der Waals surface area contributed by atoms with Crippen LogP contribution in [0.5, 0.6) is 0 Å². The molecule has 0 saturated carbocycles. The lowest BCUT2D eigenvalue weighted by Gasteiger charge is -2.29. The number of likely N-dealkylation sites (N-methyl/N-ethyl adjacent to an activating group) is 1. The number of rotatable bonds is 20. The van der Waals surface area contributed by atoms with E-state index in [1.165, 1.54) is 64.2 Å². The number of carboxylic acids is 1. The molecule has 0 aliphatic rings. The molecule has 0 spiro atoms. The lowest BCUT2D eigenvalue weighted by atomic mass is 10.0. The number of nitrogens with zero attached hydrogens (tertiary/aromatic N) is 1. The van der Waals surface area contributed by atoms with Gasteiger partial charge in [0.15, 0.2) is 6.10 Å². The van der Waals surface area contributed by atoms with Crippen molar-refractivity contribution in [1.29, 1.82) is 0 Å². The van der Waals surface area contributed by atoms with Crippen molar-refractivity contribution >= 4 is 11.9 Å². The van der Waals surface area contributed by atoms with Crippen molar-refractivity contribution < 1.29 is 29.0 Å². The Morgan fingerprint density at radius 2 is 1.30 bits per heavy atom. The number of hydrogen-bond donors (Lipinski definition) is 1. The van der Waals surface area contributed by atoms with Gasteiger partial charge in [-0.3, -0.25) is 4.79 Å².